The SMILES string of the molecule is C[C@H](NC(=O)CCCc1nc2ccccc2c(=O)[nH]1)c1cccs1. The van der Waals surface area contributed by atoms with Crippen LogP contribution < -0.4 is 10.9 Å². The maximum atomic E-state index is 12.0. The summed E-state index contributed by atoms with van der Waals surface area (Å²) in [5.74, 6) is 0.636. The minimum absolute atomic E-state index is 0.0130. The summed E-state index contributed by atoms with van der Waals surface area (Å²) < 4.78 is 0. The number of fused-ring (bicyclic) bond motifs is 1. The van der Waals surface area contributed by atoms with Crippen molar-refractivity contribution in [3.05, 3.63) is 62.8 Å². The first-order valence-corrected chi connectivity index (χ1v) is 8.82. The van der Waals surface area contributed by atoms with E-state index in [9.17, 15) is 9.59 Å². The third-order valence-electron chi connectivity index (χ3n) is 3.83. The fourth-order valence-electron chi connectivity index (χ4n) is 2.59. The minimum Gasteiger partial charge on any atom is -0.349 e. The van der Waals surface area contributed by atoms with Gasteiger partial charge in [0, 0.05) is 17.7 Å². The van der Waals surface area contributed by atoms with Crippen LogP contribution in [0, 0.1) is 0 Å². The molecule has 1 aromatic carbocycles. The van der Waals surface area contributed by atoms with Gasteiger partial charge < -0.3 is 10.3 Å². The van der Waals surface area contributed by atoms with Gasteiger partial charge in [0.25, 0.3) is 5.56 Å². The fraction of sp³-hybridized carbons (Fsp3) is 0.278. The number of aryl methyl sites for hydroxylation is 1. The number of carbonyl (C=O) groups excluding carboxylic acids is 1. The van der Waals surface area contributed by atoms with Gasteiger partial charge in [0.1, 0.15) is 5.82 Å². The molecule has 0 spiro atoms. The highest BCUT2D eigenvalue weighted by atomic mass is 32.1. The van der Waals surface area contributed by atoms with Gasteiger partial charge in [-0.05, 0) is 36.9 Å². The average Bonchev–Trinajstić information content (AvgIpc) is 3.09. The number of benzene rings is 1. The monoisotopic (exact) mass is 341 g/mol. The quantitative estimate of drug-likeness (QED) is 0.723. The summed E-state index contributed by atoms with van der Waals surface area (Å²) in [5, 5.41) is 5.58. The van der Waals surface area contributed by atoms with E-state index < -0.39 is 0 Å². The fourth-order valence-corrected chi connectivity index (χ4v) is 3.33. The van der Waals surface area contributed by atoms with Crippen LogP contribution in [0.3, 0.4) is 0 Å². The van der Waals surface area contributed by atoms with Crippen LogP contribution in [0.4, 0.5) is 0 Å². The highest BCUT2D eigenvalue weighted by Gasteiger charge is 2.10. The van der Waals surface area contributed by atoms with Crippen molar-refractivity contribution in [3.8, 4) is 0 Å². The first kappa shape index (κ1) is 16.4. The number of H-pyrrole nitrogens is 1. The number of nitrogens with one attached hydrogen (secondary N) is 2. The van der Waals surface area contributed by atoms with Crippen LogP contribution in [-0.4, -0.2) is 15.9 Å². The van der Waals surface area contributed by atoms with Crippen molar-refractivity contribution in [1.82, 2.24) is 15.3 Å². The molecule has 5 nitrogen and oxygen atoms in total. The molecule has 2 N–H and O–H groups in total. The molecule has 3 aromatic rings. The Morgan fingerprint density at radius 2 is 2.12 bits per heavy atom. The number of hydrogen-bond donors (Lipinski definition) is 2. The number of aromatic amines is 1. The summed E-state index contributed by atoms with van der Waals surface area (Å²) in [6.07, 6.45) is 1.62. The molecule has 2 aromatic heterocycles. The normalized spacial score (nSPS) is 12.2. The smallest absolute Gasteiger partial charge is 0.258 e. The summed E-state index contributed by atoms with van der Waals surface area (Å²) >= 11 is 1.63. The number of amides is 1. The first-order chi connectivity index (χ1) is 11.6. The van der Waals surface area contributed by atoms with Gasteiger partial charge in [-0.3, -0.25) is 9.59 Å². The molecule has 1 atom stereocenters. The molecule has 0 fully saturated rings. The van der Waals surface area contributed by atoms with Crippen LogP contribution in [0.1, 0.15) is 36.5 Å². The Morgan fingerprint density at radius 1 is 1.29 bits per heavy atom. The number of rotatable bonds is 6. The zero-order chi connectivity index (χ0) is 16.9. The Labute approximate surface area is 143 Å². The van der Waals surface area contributed by atoms with E-state index in [1.807, 2.05) is 42.6 Å². The highest BCUT2D eigenvalue weighted by molar-refractivity contribution is 7.10. The molecule has 0 bridgehead atoms. The van der Waals surface area contributed by atoms with Crippen molar-refractivity contribution >= 4 is 28.1 Å². The lowest BCUT2D eigenvalue weighted by Gasteiger charge is -2.12. The van der Waals surface area contributed by atoms with E-state index in [1.54, 1.807) is 17.4 Å². The van der Waals surface area contributed by atoms with Crippen LogP contribution in [0.15, 0.2) is 46.6 Å². The molecule has 24 heavy (non-hydrogen) atoms. The molecular formula is C18H19N3O2S. The van der Waals surface area contributed by atoms with Gasteiger partial charge >= 0.3 is 0 Å². The van der Waals surface area contributed by atoms with Gasteiger partial charge in [0.15, 0.2) is 0 Å². The maximum Gasteiger partial charge on any atom is 0.258 e. The van der Waals surface area contributed by atoms with E-state index in [0.717, 1.165) is 4.88 Å². The van der Waals surface area contributed by atoms with Crippen LogP contribution in [0.25, 0.3) is 10.9 Å². The van der Waals surface area contributed by atoms with Crippen LogP contribution in [0.5, 0.6) is 0 Å². The molecule has 0 radical (unpaired) electrons. The van der Waals surface area contributed by atoms with Crippen LogP contribution in [-0.2, 0) is 11.2 Å². The molecule has 0 aliphatic heterocycles. The van der Waals surface area contributed by atoms with Crippen molar-refractivity contribution in [2.75, 3.05) is 0 Å². The van der Waals surface area contributed by atoms with Gasteiger partial charge in [-0.2, -0.15) is 0 Å². The lowest BCUT2D eigenvalue weighted by molar-refractivity contribution is -0.121. The third kappa shape index (κ3) is 3.89. The van der Waals surface area contributed by atoms with Gasteiger partial charge in [-0.25, -0.2) is 4.98 Å². The lowest BCUT2D eigenvalue weighted by atomic mass is 10.2. The van der Waals surface area contributed by atoms with Gasteiger partial charge in [0.05, 0.1) is 16.9 Å². The van der Waals surface area contributed by atoms with E-state index in [2.05, 4.69) is 15.3 Å². The van der Waals surface area contributed by atoms with Crippen LogP contribution >= 0.6 is 11.3 Å². The van der Waals surface area contributed by atoms with E-state index >= 15 is 0 Å². The number of para-hydroxylation sites is 1. The number of nitrogens with zero attached hydrogens (tertiary/aromatic N) is 1. The van der Waals surface area contributed by atoms with Gasteiger partial charge in [-0.15, -0.1) is 11.3 Å². The zero-order valence-electron chi connectivity index (χ0n) is 13.4. The Bertz CT molecular complexity index is 887. The number of hydrogen-bond acceptors (Lipinski definition) is 4. The second-order valence-electron chi connectivity index (χ2n) is 5.69. The largest absolute Gasteiger partial charge is 0.349 e. The predicted molar refractivity (Wildman–Crippen MR) is 96.2 cm³/mol. The van der Waals surface area contributed by atoms with E-state index in [4.69, 9.17) is 0 Å². The molecule has 0 saturated carbocycles. The summed E-state index contributed by atoms with van der Waals surface area (Å²) in [6.45, 7) is 1.98. The molecule has 0 aliphatic rings. The third-order valence-corrected chi connectivity index (χ3v) is 4.88. The second kappa shape index (κ2) is 7.40. The minimum atomic E-state index is -0.133. The first-order valence-electron chi connectivity index (χ1n) is 7.94. The molecule has 0 aliphatic carbocycles. The molecular weight excluding hydrogens is 322 g/mol. The highest BCUT2D eigenvalue weighted by Crippen LogP contribution is 2.18. The molecule has 6 heteroatoms. The summed E-state index contributed by atoms with van der Waals surface area (Å²) in [5.41, 5.74) is 0.554. The molecule has 0 unspecified atom stereocenters. The van der Waals surface area contributed by atoms with Gasteiger partial charge in [-0.1, -0.05) is 18.2 Å². The molecule has 0 saturated heterocycles. The summed E-state index contributed by atoms with van der Waals surface area (Å²) in [7, 11) is 0. The Balaban J connectivity index is 1.54. The Kier molecular flexibility index (Phi) is 5.05. The lowest BCUT2D eigenvalue weighted by Crippen LogP contribution is -2.26. The summed E-state index contributed by atoms with van der Waals surface area (Å²) in [4.78, 5) is 32.4. The number of carbonyl (C=O) groups is 1. The number of thiophene rings is 1. The molecule has 1 amide bonds. The second-order valence-corrected chi connectivity index (χ2v) is 6.67. The average molecular weight is 341 g/mol. The molecule has 3 rings (SSSR count). The Hall–Kier alpha value is -2.47. The van der Waals surface area contributed by atoms with Crippen LogP contribution in [0.2, 0.25) is 0 Å². The van der Waals surface area contributed by atoms with Gasteiger partial charge in [0.2, 0.25) is 5.91 Å². The van der Waals surface area contributed by atoms with E-state index in [-0.39, 0.29) is 17.5 Å². The summed E-state index contributed by atoms with van der Waals surface area (Å²) in [6, 6.07) is 11.3. The standard InChI is InChI=1S/C18H19N3O2S/c1-12(15-8-5-11-24-15)19-17(22)10-4-9-16-20-14-7-3-2-6-13(14)18(23)21-16/h2-3,5-8,11-12H,4,9-10H2,1H3,(H,19,22)(H,20,21,23)/t12-/m0/s1. The van der Waals surface area contributed by atoms with Crippen molar-refractivity contribution in [2.45, 2.75) is 32.2 Å². The Morgan fingerprint density at radius 3 is 2.92 bits per heavy atom. The van der Waals surface area contributed by atoms with Crippen molar-refractivity contribution in [2.24, 2.45) is 0 Å². The molecule has 2 heterocycles. The number of aromatic nitrogens is 2. The zero-order valence-corrected chi connectivity index (χ0v) is 14.2. The van der Waals surface area contributed by atoms with E-state index in [1.165, 1.54) is 0 Å². The topological polar surface area (TPSA) is 74.8 Å². The van der Waals surface area contributed by atoms with Crippen molar-refractivity contribution in [3.63, 3.8) is 0 Å². The van der Waals surface area contributed by atoms with Crippen molar-refractivity contribution < 1.29 is 4.79 Å². The maximum absolute atomic E-state index is 12.0. The molecule has 124 valence electrons. The predicted octanol–water partition coefficient (Wildman–Crippen LogP) is 3.18. The van der Waals surface area contributed by atoms with E-state index in [0.29, 0.717) is 36.0 Å². The van der Waals surface area contributed by atoms with Crippen molar-refractivity contribution in [1.29, 1.82) is 0 Å².